The van der Waals surface area contributed by atoms with Crippen LogP contribution in [-0.2, 0) is 15.0 Å². The molecule has 144 valence electrons. The van der Waals surface area contributed by atoms with Crippen molar-refractivity contribution < 1.29 is 14.7 Å². The molecule has 0 aliphatic rings. The fraction of sp³-hybridized carbons (Fsp3) is 0.300. The highest BCUT2D eigenvalue weighted by molar-refractivity contribution is 9.10. The predicted molar refractivity (Wildman–Crippen MR) is 116 cm³/mol. The van der Waals surface area contributed by atoms with Crippen molar-refractivity contribution >= 4 is 50.9 Å². The number of halogens is 1. The van der Waals surface area contributed by atoms with Gasteiger partial charge >= 0.3 is 0 Å². The van der Waals surface area contributed by atoms with E-state index in [1.54, 1.807) is 24.3 Å². The van der Waals surface area contributed by atoms with Gasteiger partial charge in [-0.15, -0.1) is 11.8 Å². The molecule has 5 nitrogen and oxygen atoms in total. The Kier molecular flexibility index (Phi) is 7.33. The molecule has 0 saturated carbocycles. The monoisotopic (exact) mass is 450 g/mol. The average molecular weight is 451 g/mol. The first-order chi connectivity index (χ1) is 12.6. The van der Waals surface area contributed by atoms with Crippen LogP contribution in [0.5, 0.6) is 5.75 Å². The lowest BCUT2D eigenvalue weighted by molar-refractivity contribution is -0.114. The molecule has 27 heavy (non-hydrogen) atoms. The second kappa shape index (κ2) is 9.28. The van der Waals surface area contributed by atoms with Crippen LogP contribution in [-0.4, -0.2) is 28.4 Å². The lowest BCUT2D eigenvalue weighted by Gasteiger charge is -2.20. The minimum Gasteiger partial charge on any atom is -0.506 e. The number of aromatic hydroxyl groups is 1. The number of amides is 2. The summed E-state index contributed by atoms with van der Waals surface area (Å²) < 4.78 is 0.879. The Bertz CT molecular complexity index is 834. The summed E-state index contributed by atoms with van der Waals surface area (Å²) in [7, 11) is 0. The molecular formula is C20H23BrN2O3S. The van der Waals surface area contributed by atoms with Crippen LogP contribution in [0.15, 0.2) is 46.9 Å². The maximum atomic E-state index is 12.1. The molecule has 0 bridgehead atoms. The van der Waals surface area contributed by atoms with Crippen molar-refractivity contribution in [3.05, 3.63) is 52.5 Å². The molecule has 0 aliphatic heterocycles. The van der Waals surface area contributed by atoms with E-state index in [2.05, 4.69) is 47.3 Å². The molecule has 2 aromatic carbocycles. The second-order valence-corrected chi connectivity index (χ2v) is 8.98. The highest BCUT2D eigenvalue weighted by atomic mass is 79.9. The van der Waals surface area contributed by atoms with Crippen LogP contribution >= 0.6 is 27.7 Å². The lowest BCUT2D eigenvalue weighted by Crippen LogP contribution is -2.19. The number of nitrogens with one attached hydrogen (secondary N) is 2. The highest BCUT2D eigenvalue weighted by Crippen LogP contribution is 2.30. The largest absolute Gasteiger partial charge is 0.506 e. The van der Waals surface area contributed by atoms with E-state index in [1.165, 1.54) is 11.8 Å². The zero-order chi connectivity index (χ0) is 20.0. The molecule has 0 spiro atoms. The van der Waals surface area contributed by atoms with Gasteiger partial charge in [0.25, 0.3) is 0 Å². The number of phenolic OH excluding ortho intramolecular Hbond substituents is 1. The van der Waals surface area contributed by atoms with Gasteiger partial charge in [0.15, 0.2) is 0 Å². The van der Waals surface area contributed by atoms with E-state index in [4.69, 9.17) is 0 Å². The maximum absolute atomic E-state index is 12.1. The van der Waals surface area contributed by atoms with Crippen molar-refractivity contribution in [2.75, 3.05) is 22.1 Å². The normalized spacial score (nSPS) is 11.1. The maximum Gasteiger partial charge on any atom is 0.234 e. The van der Waals surface area contributed by atoms with Gasteiger partial charge in [0.05, 0.1) is 17.2 Å². The molecule has 0 fully saturated rings. The van der Waals surface area contributed by atoms with E-state index in [9.17, 15) is 14.7 Å². The third-order valence-electron chi connectivity index (χ3n) is 3.71. The zero-order valence-corrected chi connectivity index (χ0v) is 17.9. The first-order valence-electron chi connectivity index (χ1n) is 8.41. The molecule has 0 saturated heterocycles. The Morgan fingerprint density at radius 1 is 1.04 bits per heavy atom. The lowest BCUT2D eigenvalue weighted by atomic mass is 9.87. The van der Waals surface area contributed by atoms with Gasteiger partial charge in [-0.3, -0.25) is 9.59 Å². The second-order valence-electron chi connectivity index (χ2n) is 7.08. The van der Waals surface area contributed by atoms with Crippen molar-refractivity contribution in [1.82, 2.24) is 0 Å². The molecule has 0 aliphatic carbocycles. The Morgan fingerprint density at radius 3 is 2.33 bits per heavy atom. The third-order valence-corrected chi connectivity index (χ3v) is 5.14. The summed E-state index contributed by atoms with van der Waals surface area (Å²) >= 11 is 4.56. The van der Waals surface area contributed by atoms with Crippen LogP contribution in [0.25, 0.3) is 0 Å². The average Bonchev–Trinajstić information content (AvgIpc) is 2.55. The standard InChI is InChI=1S/C20H23BrN2O3S/c1-20(2,3)13-7-8-17(24)16(9-13)23-19(26)12-27-11-18(25)22-15-6-4-5-14(21)10-15/h4-10,24H,11-12H2,1-3H3,(H,22,25)(H,23,26). The summed E-state index contributed by atoms with van der Waals surface area (Å²) in [5.74, 6) is -0.146. The number of rotatable bonds is 6. The number of hydrogen-bond donors (Lipinski definition) is 3. The summed E-state index contributed by atoms with van der Waals surface area (Å²) in [6, 6.07) is 12.5. The van der Waals surface area contributed by atoms with Crippen LogP contribution in [0.4, 0.5) is 11.4 Å². The molecule has 0 heterocycles. The summed E-state index contributed by atoms with van der Waals surface area (Å²) in [6.07, 6.45) is 0. The van der Waals surface area contributed by atoms with E-state index in [0.29, 0.717) is 11.4 Å². The molecule has 7 heteroatoms. The number of thioether (sulfide) groups is 1. The van der Waals surface area contributed by atoms with Gasteiger partial charge in [0, 0.05) is 10.2 Å². The van der Waals surface area contributed by atoms with Gasteiger partial charge in [-0.2, -0.15) is 0 Å². The number of hydrogen-bond acceptors (Lipinski definition) is 4. The fourth-order valence-electron chi connectivity index (χ4n) is 2.29. The smallest absolute Gasteiger partial charge is 0.234 e. The van der Waals surface area contributed by atoms with Gasteiger partial charge in [-0.25, -0.2) is 0 Å². The van der Waals surface area contributed by atoms with Gasteiger partial charge in [-0.05, 0) is 41.3 Å². The third kappa shape index (κ3) is 6.92. The molecule has 0 aromatic heterocycles. The quantitative estimate of drug-likeness (QED) is 0.554. The van der Waals surface area contributed by atoms with E-state index < -0.39 is 0 Å². The zero-order valence-electron chi connectivity index (χ0n) is 15.5. The predicted octanol–water partition coefficient (Wildman–Crippen LogP) is 4.76. The fourth-order valence-corrected chi connectivity index (χ4v) is 3.31. The molecule has 2 rings (SSSR count). The highest BCUT2D eigenvalue weighted by Gasteiger charge is 2.16. The van der Waals surface area contributed by atoms with Gasteiger partial charge in [0.1, 0.15) is 5.75 Å². The minimum atomic E-state index is -0.267. The summed E-state index contributed by atoms with van der Waals surface area (Å²) in [5, 5.41) is 15.4. The number of benzene rings is 2. The van der Waals surface area contributed by atoms with Crippen molar-refractivity contribution in [2.45, 2.75) is 26.2 Å². The number of phenols is 1. The first kappa shape index (κ1) is 21.3. The Balaban J connectivity index is 1.83. The number of carbonyl (C=O) groups excluding carboxylic acids is 2. The van der Waals surface area contributed by atoms with Crippen molar-refractivity contribution in [2.24, 2.45) is 0 Å². The van der Waals surface area contributed by atoms with Gasteiger partial charge in [0.2, 0.25) is 11.8 Å². The van der Waals surface area contributed by atoms with Gasteiger partial charge in [-0.1, -0.05) is 48.8 Å². The van der Waals surface area contributed by atoms with E-state index in [0.717, 1.165) is 10.0 Å². The van der Waals surface area contributed by atoms with Crippen molar-refractivity contribution in [3.8, 4) is 5.75 Å². The molecule has 0 atom stereocenters. The molecular weight excluding hydrogens is 428 g/mol. The molecule has 0 unspecified atom stereocenters. The Hall–Kier alpha value is -1.99. The van der Waals surface area contributed by atoms with E-state index >= 15 is 0 Å². The van der Waals surface area contributed by atoms with Crippen LogP contribution in [0.1, 0.15) is 26.3 Å². The topological polar surface area (TPSA) is 78.4 Å². The Morgan fingerprint density at radius 2 is 1.70 bits per heavy atom. The molecule has 0 radical (unpaired) electrons. The van der Waals surface area contributed by atoms with Crippen LogP contribution < -0.4 is 10.6 Å². The van der Waals surface area contributed by atoms with Gasteiger partial charge < -0.3 is 15.7 Å². The van der Waals surface area contributed by atoms with Crippen LogP contribution in [0.3, 0.4) is 0 Å². The minimum absolute atomic E-state index is 0.0220. The van der Waals surface area contributed by atoms with E-state index in [1.807, 2.05) is 18.2 Å². The summed E-state index contributed by atoms with van der Waals surface area (Å²) in [5.41, 5.74) is 2.00. The summed E-state index contributed by atoms with van der Waals surface area (Å²) in [6.45, 7) is 6.18. The van der Waals surface area contributed by atoms with E-state index in [-0.39, 0.29) is 34.5 Å². The van der Waals surface area contributed by atoms with Crippen LogP contribution in [0.2, 0.25) is 0 Å². The molecule has 2 amide bonds. The number of anilines is 2. The molecule has 2 aromatic rings. The summed E-state index contributed by atoms with van der Waals surface area (Å²) in [4.78, 5) is 24.1. The Labute approximate surface area is 172 Å². The van der Waals surface area contributed by atoms with Crippen molar-refractivity contribution in [1.29, 1.82) is 0 Å². The first-order valence-corrected chi connectivity index (χ1v) is 10.4. The number of carbonyl (C=O) groups is 2. The van der Waals surface area contributed by atoms with Crippen molar-refractivity contribution in [3.63, 3.8) is 0 Å². The van der Waals surface area contributed by atoms with Crippen LogP contribution in [0, 0.1) is 0 Å². The SMILES string of the molecule is CC(C)(C)c1ccc(O)c(NC(=O)CSCC(=O)Nc2cccc(Br)c2)c1. The molecule has 3 N–H and O–H groups in total.